The lowest BCUT2D eigenvalue weighted by molar-refractivity contribution is -0.123. The maximum atomic E-state index is 11.5. The third-order valence-corrected chi connectivity index (χ3v) is 2.31. The lowest BCUT2D eigenvalue weighted by atomic mass is 9.93. The molecule has 0 aromatic carbocycles. The van der Waals surface area contributed by atoms with Gasteiger partial charge < -0.3 is 15.5 Å². The van der Waals surface area contributed by atoms with Crippen molar-refractivity contribution in [3.63, 3.8) is 0 Å². The zero-order chi connectivity index (χ0) is 12.1. The van der Waals surface area contributed by atoms with Crippen molar-refractivity contribution in [2.24, 2.45) is 5.41 Å². The lowest BCUT2D eigenvalue weighted by Crippen LogP contribution is -2.46. The van der Waals surface area contributed by atoms with E-state index in [-0.39, 0.29) is 17.4 Å². The van der Waals surface area contributed by atoms with Crippen molar-refractivity contribution in [1.29, 1.82) is 0 Å². The molecule has 0 rings (SSSR count). The van der Waals surface area contributed by atoms with Crippen LogP contribution in [0.5, 0.6) is 0 Å². The Bertz CT molecular complexity index is 202. The van der Waals surface area contributed by atoms with Gasteiger partial charge in [-0.2, -0.15) is 0 Å². The Balaban J connectivity index is 3.98. The molecule has 90 valence electrons. The number of amides is 1. The molecule has 0 radical (unpaired) electrons. The topological polar surface area (TPSA) is 44.4 Å². The van der Waals surface area contributed by atoms with Crippen molar-refractivity contribution in [2.75, 3.05) is 34.2 Å². The van der Waals surface area contributed by atoms with E-state index in [1.807, 2.05) is 21.0 Å². The molecule has 0 saturated heterocycles. The van der Waals surface area contributed by atoms with Crippen LogP contribution in [0, 0.1) is 5.41 Å². The zero-order valence-corrected chi connectivity index (χ0v) is 10.8. The minimum Gasteiger partial charge on any atom is -0.354 e. The second kappa shape index (κ2) is 6.08. The Morgan fingerprint density at radius 3 is 2.33 bits per heavy atom. The van der Waals surface area contributed by atoms with E-state index < -0.39 is 0 Å². The molecule has 2 N–H and O–H groups in total. The monoisotopic (exact) mass is 215 g/mol. The summed E-state index contributed by atoms with van der Waals surface area (Å²) >= 11 is 0. The van der Waals surface area contributed by atoms with Gasteiger partial charge in [-0.25, -0.2) is 0 Å². The predicted octanol–water partition coefficient (Wildman–Crippen LogP) is 0.298. The smallest absolute Gasteiger partial charge is 0.236 e. The zero-order valence-electron chi connectivity index (χ0n) is 10.8. The number of hydrogen-bond donors (Lipinski definition) is 2. The second-order valence-corrected chi connectivity index (χ2v) is 5.13. The standard InChI is InChI=1S/C11H25N3O/c1-9(12-4)10(15)13-7-11(2,3)8-14(5)6/h9,12H,7-8H2,1-6H3,(H,13,15). The number of carbonyl (C=O) groups excluding carboxylic acids is 1. The highest BCUT2D eigenvalue weighted by Crippen LogP contribution is 2.13. The summed E-state index contributed by atoms with van der Waals surface area (Å²) in [6.45, 7) is 7.82. The van der Waals surface area contributed by atoms with Crippen LogP contribution in [0.1, 0.15) is 20.8 Å². The molecule has 15 heavy (non-hydrogen) atoms. The molecule has 0 heterocycles. The summed E-state index contributed by atoms with van der Waals surface area (Å²) in [5, 5.41) is 5.87. The van der Waals surface area contributed by atoms with Crippen LogP contribution < -0.4 is 10.6 Å². The normalized spacial score (nSPS) is 14.1. The molecule has 0 fully saturated rings. The molecule has 0 aromatic rings. The second-order valence-electron chi connectivity index (χ2n) is 5.13. The van der Waals surface area contributed by atoms with Gasteiger partial charge in [-0.05, 0) is 33.5 Å². The lowest BCUT2D eigenvalue weighted by Gasteiger charge is -2.28. The van der Waals surface area contributed by atoms with E-state index in [0.717, 1.165) is 6.54 Å². The molecular formula is C11H25N3O. The van der Waals surface area contributed by atoms with Gasteiger partial charge in [0, 0.05) is 13.1 Å². The van der Waals surface area contributed by atoms with Gasteiger partial charge in [0.1, 0.15) is 0 Å². The summed E-state index contributed by atoms with van der Waals surface area (Å²) in [6, 6.07) is -0.125. The minimum atomic E-state index is -0.125. The van der Waals surface area contributed by atoms with Crippen molar-refractivity contribution in [3.05, 3.63) is 0 Å². The number of nitrogens with one attached hydrogen (secondary N) is 2. The first kappa shape index (κ1) is 14.4. The fourth-order valence-corrected chi connectivity index (χ4v) is 1.52. The Morgan fingerprint density at radius 2 is 1.93 bits per heavy atom. The third kappa shape index (κ3) is 6.47. The molecule has 0 bridgehead atoms. The summed E-state index contributed by atoms with van der Waals surface area (Å²) in [5.41, 5.74) is 0.104. The van der Waals surface area contributed by atoms with Crippen molar-refractivity contribution in [1.82, 2.24) is 15.5 Å². The molecule has 4 heteroatoms. The van der Waals surface area contributed by atoms with Gasteiger partial charge in [0.15, 0.2) is 0 Å². The highest BCUT2D eigenvalue weighted by Gasteiger charge is 2.20. The van der Waals surface area contributed by atoms with Crippen LogP contribution in [0.3, 0.4) is 0 Å². The molecular weight excluding hydrogens is 190 g/mol. The van der Waals surface area contributed by atoms with Crippen molar-refractivity contribution in [2.45, 2.75) is 26.8 Å². The first-order valence-electron chi connectivity index (χ1n) is 5.38. The summed E-state index contributed by atoms with van der Waals surface area (Å²) in [6.07, 6.45) is 0. The molecule has 1 atom stereocenters. The van der Waals surface area contributed by atoms with Gasteiger partial charge in [-0.15, -0.1) is 0 Å². The van der Waals surface area contributed by atoms with Gasteiger partial charge in [-0.3, -0.25) is 4.79 Å². The maximum absolute atomic E-state index is 11.5. The Hall–Kier alpha value is -0.610. The number of rotatable bonds is 6. The van der Waals surface area contributed by atoms with Gasteiger partial charge in [0.2, 0.25) is 5.91 Å². The fourth-order valence-electron chi connectivity index (χ4n) is 1.52. The summed E-state index contributed by atoms with van der Waals surface area (Å²) in [5.74, 6) is 0.0596. The van der Waals surface area contributed by atoms with Crippen molar-refractivity contribution in [3.8, 4) is 0 Å². The Morgan fingerprint density at radius 1 is 1.40 bits per heavy atom. The molecule has 0 saturated carbocycles. The van der Waals surface area contributed by atoms with E-state index >= 15 is 0 Å². The quantitative estimate of drug-likeness (QED) is 0.670. The van der Waals surface area contributed by atoms with E-state index in [9.17, 15) is 4.79 Å². The number of hydrogen-bond acceptors (Lipinski definition) is 3. The van der Waals surface area contributed by atoms with Crippen LogP contribution in [0.2, 0.25) is 0 Å². The van der Waals surface area contributed by atoms with Gasteiger partial charge >= 0.3 is 0 Å². The van der Waals surface area contributed by atoms with Crippen LogP contribution in [0.25, 0.3) is 0 Å². The average molecular weight is 215 g/mol. The van der Waals surface area contributed by atoms with Crippen LogP contribution in [-0.4, -0.2) is 51.1 Å². The minimum absolute atomic E-state index is 0.0596. The van der Waals surface area contributed by atoms with E-state index in [1.54, 1.807) is 7.05 Å². The summed E-state index contributed by atoms with van der Waals surface area (Å²) < 4.78 is 0. The van der Waals surface area contributed by atoms with Gasteiger partial charge in [0.05, 0.1) is 6.04 Å². The molecule has 4 nitrogen and oxygen atoms in total. The molecule has 0 aliphatic heterocycles. The van der Waals surface area contributed by atoms with E-state index in [1.165, 1.54) is 0 Å². The van der Waals surface area contributed by atoms with E-state index in [4.69, 9.17) is 0 Å². The Labute approximate surface area is 93.4 Å². The third-order valence-electron chi connectivity index (χ3n) is 2.31. The highest BCUT2D eigenvalue weighted by molar-refractivity contribution is 5.81. The predicted molar refractivity (Wildman–Crippen MR) is 63.9 cm³/mol. The van der Waals surface area contributed by atoms with Crippen molar-refractivity contribution >= 4 is 5.91 Å². The molecule has 1 amide bonds. The largest absolute Gasteiger partial charge is 0.354 e. The van der Waals surface area contributed by atoms with Crippen molar-refractivity contribution < 1.29 is 4.79 Å². The summed E-state index contributed by atoms with van der Waals surface area (Å²) in [4.78, 5) is 13.7. The van der Waals surface area contributed by atoms with Crippen LogP contribution >= 0.6 is 0 Å². The first-order chi connectivity index (χ1) is 6.78. The maximum Gasteiger partial charge on any atom is 0.236 e. The summed E-state index contributed by atoms with van der Waals surface area (Å²) in [7, 11) is 5.87. The number of carbonyl (C=O) groups is 1. The fraction of sp³-hybridized carbons (Fsp3) is 0.909. The Kier molecular flexibility index (Phi) is 5.83. The van der Waals surface area contributed by atoms with Crippen LogP contribution in [-0.2, 0) is 4.79 Å². The number of nitrogens with zero attached hydrogens (tertiary/aromatic N) is 1. The average Bonchev–Trinajstić information content (AvgIpc) is 2.11. The van der Waals surface area contributed by atoms with E-state index in [2.05, 4.69) is 29.4 Å². The molecule has 1 unspecified atom stereocenters. The van der Waals surface area contributed by atoms with Crippen LogP contribution in [0.15, 0.2) is 0 Å². The molecule has 0 aliphatic carbocycles. The van der Waals surface area contributed by atoms with Gasteiger partial charge in [-0.1, -0.05) is 13.8 Å². The molecule has 0 spiro atoms. The van der Waals surface area contributed by atoms with Gasteiger partial charge in [0.25, 0.3) is 0 Å². The molecule has 0 aliphatic rings. The molecule has 0 aromatic heterocycles. The first-order valence-corrected chi connectivity index (χ1v) is 5.38. The van der Waals surface area contributed by atoms with E-state index in [0.29, 0.717) is 6.54 Å². The number of likely N-dealkylation sites (N-methyl/N-ethyl adjacent to an activating group) is 1. The highest BCUT2D eigenvalue weighted by atomic mass is 16.2. The van der Waals surface area contributed by atoms with Crippen LogP contribution in [0.4, 0.5) is 0 Å². The SMILES string of the molecule is CNC(C)C(=O)NCC(C)(C)CN(C)C.